The highest BCUT2D eigenvalue weighted by atomic mass is 32.2. The highest BCUT2D eigenvalue weighted by Gasteiger charge is 2.13. The number of furan rings is 1. The molecule has 0 unspecified atom stereocenters. The Morgan fingerprint density at radius 2 is 1.95 bits per heavy atom. The van der Waals surface area contributed by atoms with Crippen LogP contribution in [0, 0.1) is 0 Å². The van der Waals surface area contributed by atoms with E-state index in [1.807, 2.05) is 0 Å². The summed E-state index contributed by atoms with van der Waals surface area (Å²) in [7, 11) is -2.07. The van der Waals surface area contributed by atoms with Crippen molar-refractivity contribution in [2.24, 2.45) is 0 Å². The van der Waals surface area contributed by atoms with Crippen molar-refractivity contribution in [2.75, 3.05) is 7.05 Å². The molecule has 0 aliphatic rings. The largest absolute Gasteiger partial charge is 0.468 e. The summed E-state index contributed by atoms with van der Waals surface area (Å²) in [5.41, 5.74) is 0.730. The van der Waals surface area contributed by atoms with E-state index < -0.39 is 10.0 Å². The summed E-state index contributed by atoms with van der Waals surface area (Å²) >= 11 is 0. The van der Waals surface area contributed by atoms with Gasteiger partial charge >= 0.3 is 0 Å². The van der Waals surface area contributed by atoms with Crippen LogP contribution in [-0.4, -0.2) is 21.4 Å². The van der Waals surface area contributed by atoms with Crippen LogP contribution in [0.25, 0.3) is 6.08 Å². The van der Waals surface area contributed by atoms with Crippen LogP contribution in [-0.2, 0) is 21.4 Å². The minimum atomic E-state index is -3.60. The van der Waals surface area contributed by atoms with Gasteiger partial charge in [0.2, 0.25) is 15.9 Å². The SMILES string of the molecule is CNC(=O)/C=C/c1ccc(S(=O)(=O)NCc2ccco2)cc1. The predicted molar refractivity (Wildman–Crippen MR) is 82.3 cm³/mol. The third kappa shape index (κ3) is 4.31. The smallest absolute Gasteiger partial charge is 0.243 e. The van der Waals surface area contributed by atoms with Gasteiger partial charge in [-0.2, -0.15) is 0 Å². The first-order chi connectivity index (χ1) is 10.5. The number of hydrogen-bond acceptors (Lipinski definition) is 4. The molecular formula is C15H16N2O4S. The number of nitrogens with one attached hydrogen (secondary N) is 2. The maximum Gasteiger partial charge on any atom is 0.243 e. The molecule has 1 aromatic carbocycles. The lowest BCUT2D eigenvalue weighted by Gasteiger charge is -2.05. The number of sulfonamides is 1. The van der Waals surface area contributed by atoms with Crippen LogP contribution in [0.15, 0.2) is 58.1 Å². The number of benzene rings is 1. The summed E-state index contributed by atoms with van der Waals surface area (Å²) in [6, 6.07) is 9.59. The van der Waals surface area contributed by atoms with Gasteiger partial charge < -0.3 is 9.73 Å². The molecule has 2 aromatic rings. The molecule has 0 saturated carbocycles. The Balaban J connectivity index is 2.05. The Bertz CT molecular complexity index is 747. The van der Waals surface area contributed by atoms with Gasteiger partial charge in [0.25, 0.3) is 0 Å². The molecule has 0 atom stereocenters. The van der Waals surface area contributed by atoms with Gasteiger partial charge in [-0.1, -0.05) is 12.1 Å². The summed E-state index contributed by atoms with van der Waals surface area (Å²) in [6.07, 6.45) is 4.46. The Morgan fingerprint density at radius 1 is 1.23 bits per heavy atom. The second kappa shape index (κ2) is 7.06. The first-order valence-electron chi connectivity index (χ1n) is 6.53. The van der Waals surface area contributed by atoms with E-state index in [-0.39, 0.29) is 17.3 Å². The Hall–Kier alpha value is -2.38. The number of amides is 1. The van der Waals surface area contributed by atoms with Crippen molar-refractivity contribution in [3.05, 3.63) is 60.1 Å². The lowest BCUT2D eigenvalue weighted by atomic mass is 10.2. The van der Waals surface area contributed by atoms with Crippen LogP contribution in [0.1, 0.15) is 11.3 Å². The molecule has 0 saturated heterocycles. The van der Waals surface area contributed by atoms with Crippen LogP contribution in [0.2, 0.25) is 0 Å². The van der Waals surface area contributed by atoms with E-state index in [9.17, 15) is 13.2 Å². The standard InChI is InChI=1S/C15H16N2O4S/c1-16-15(18)9-6-12-4-7-14(8-5-12)22(19,20)17-11-13-3-2-10-21-13/h2-10,17H,11H2,1H3,(H,16,18)/b9-6+. The van der Waals surface area contributed by atoms with Gasteiger partial charge in [-0.3, -0.25) is 4.79 Å². The van der Waals surface area contributed by atoms with E-state index in [0.717, 1.165) is 5.56 Å². The zero-order chi connectivity index (χ0) is 16.0. The number of carbonyl (C=O) groups excluding carboxylic acids is 1. The minimum absolute atomic E-state index is 0.0909. The van der Waals surface area contributed by atoms with E-state index in [4.69, 9.17) is 4.42 Å². The summed E-state index contributed by atoms with van der Waals surface area (Å²) in [4.78, 5) is 11.2. The molecule has 1 heterocycles. The summed E-state index contributed by atoms with van der Waals surface area (Å²) < 4.78 is 31.8. The van der Waals surface area contributed by atoms with Crippen molar-refractivity contribution in [2.45, 2.75) is 11.4 Å². The average Bonchev–Trinajstić information content (AvgIpc) is 3.04. The van der Waals surface area contributed by atoms with Gasteiger partial charge in [0.1, 0.15) is 5.76 Å². The molecule has 0 bridgehead atoms. The van der Waals surface area contributed by atoms with Gasteiger partial charge in [0.15, 0.2) is 0 Å². The van der Waals surface area contributed by atoms with Crippen LogP contribution >= 0.6 is 0 Å². The van der Waals surface area contributed by atoms with Gasteiger partial charge in [0, 0.05) is 13.1 Å². The van der Waals surface area contributed by atoms with E-state index in [1.54, 1.807) is 30.3 Å². The van der Waals surface area contributed by atoms with Crippen molar-refractivity contribution < 1.29 is 17.6 Å². The Kier molecular flexibility index (Phi) is 5.13. The molecule has 1 amide bonds. The second-order valence-corrected chi connectivity index (χ2v) is 6.19. The monoisotopic (exact) mass is 320 g/mol. The van der Waals surface area contributed by atoms with Crippen molar-refractivity contribution in [3.63, 3.8) is 0 Å². The summed E-state index contributed by atoms with van der Waals surface area (Å²) in [5.74, 6) is 0.311. The predicted octanol–water partition coefficient (Wildman–Crippen LogP) is 1.52. The number of carbonyl (C=O) groups is 1. The Morgan fingerprint density at radius 3 is 2.55 bits per heavy atom. The van der Waals surface area contributed by atoms with Gasteiger partial charge in [-0.25, -0.2) is 13.1 Å². The average molecular weight is 320 g/mol. The van der Waals surface area contributed by atoms with Crippen LogP contribution < -0.4 is 10.0 Å². The summed E-state index contributed by atoms with van der Waals surface area (Å²) in [5, 5.41) is 2.46. The molecule has 1 aromatic heterocycles. The third-order valence-corrected chi connectivity index (χ3v) is 4.30. The van der Waals surface area contributed by atoms with Gasteiger partial charge in [-0.15, -0.1) is 0 Å². The normalized spacial score (nSPS) is 11.7. The lowest BCUT2D eigenvalue weighted by molar-refractivity contribution is -0.115. The zero-order valence-corrected chi connectivity index (χ0v) is 12.8. The molecular weight excluding hydrogens is 304 g/mol. The lowest BCUT2D eigenvalue weighted by Crippen LogP contribution is -2.22. The minimum Gasteiger partial charge on any atom is -0.468 e. The number of hydrogen-bond donors (Lipinski definition) is 2. The second-order valence-electron chi connectivity index (χ2n) is 4.42. The van der Waals surface area contributed by atoms with E-state index in [0.29, 0.717) is 5.76 Å². The highest BCUT2D eigenvalue weighted by Crippen LogP contribution is 2.12. The molecule has 0 spiro atoms. The van der Waals surface area contributed by atoms with Crippen molar-refractivity contribution in [3.8, 4) is 0 Å². The first-order valence-corrected chi connectivity index (χ1v) is 8.01. The van der Waals surface area contributed by atoms with Crippen molar-refractivity contribution >= 4 is 22.0 Å². The van der Waals surface area contributed by atoms with Crippen molar-refractivity contribution in [1.82, 2.24) is 10.0 Å². The zero-order valence-electron chi connectivity index (χ0n) is 11.9. The Labute approximate surface area is 128 Å². The maximum absolute atomic E-state index is 12.1. The van der Waals surface area contributed by atoms with Crippen LogP contribution in [0.3, 0.4) is 0 Å². The van der Waals surface area contributed by atoms with Crippen LogP contribution in [0.5, 0.6) is 0 Å². The molecule has 6 nitrogen and oxygen atoms in total. The molecule has 0 fully saturated rings. The van der Waals surface area contributed by atoms with Gasteiger partial charge in [-0.05, 0) is 35.9 Å². The fraction of sp³-hybridized carbons (Fsp3) is 0.133. The van der Waals surface area contributed by atoms with Crippen LogP contribution in [0.4, 0.5) is 0 Å². The quantitative estimate of drug-likeness (QED) is 0.790. The number of likely N-dealkylation sites (N-methyl/N-ethyl adjacent to an activating group) is 1. The molecule has 0 aliphatic heterocycles. The molecule has 0 radical (unpaired) electrons. The molecule has 116 valence electrons. The topological polar surface area (TPSA) is 88.4 Å². The molecule has 2 rings (SSSR count). The summed E-state index contributed by atoms with van der Waals surface area (Å²) in [6.45, 7) is 0.0909. The molecule has 22 heavy (non-hydrogen) atoms. The fourth-order valence-electron chi connectivity index (χ4n) is 1.68. The molecule has 2 N–H and O–H groups in total. The highest BCUT2D eigenvalue weighted by molar-refractivity contribution is 7.89. The van der Waals surface area contributed by atoms with E-state index >= 15 is 0 Å². The van der Waals surface area contributed by atoms with E-state index in [2.05, 4.69) is 10.0 Å². The maximum atomic E-state index is 12.1. The first kappa shape index (κ1) is 16.0. The molecule has 0 aliphatic carbocycles. The van der Waals surface area contributed by atoms with Crippen molar-refractivity contribution in [1.29, 1.82) is 0 Å². The third-order valence-electron chi connectivity index (χ3n) is 2.88. The molecule has 7 heteroatoms. The number of rotatable bonds is 6. The van der Waals surface area contributed by atoms with Gasteiger partial charge in [0.05, 0.1) is 17.7 Å². The fourth-order valence-corrected chi connectivity index (χ4v) is 2.67. The van der Waals surface area contributed by atoms with E-state index in [1.165, 1.54) is 31.5 Å².